The zero-order chi connectivity index (χ0) is 13.1. The summed E-state index contributed by atoms with van der Waals surface area (Å²) in [7, 11) is 0. The molecule has 92 valence electrons. The minimum atomic E-state index is -0.135. The lowest BCUT2D eigenvalue weighted by Crippen LogP contribution is -2.14. The summed E-state index contributed by atoms with van der Waals surface area (Å²) < 4.78 is 0. The minimum Gasteiger partial charge on any atom is -0.321 e. The van der Waals surface area contributed by atoms with E-state index in [0.29, 0.717) is 16.3 Å². The van der Waals surface area contributed by atoms with E-state index in [-0.39, 0.29) is 5.91 Å². The largest absolute Gasteiger partial charge is 0.321 e. The molecule has 18 heavy (non-hydrogen) atoms. The summed E-state index contributed by atoms with van der Waals surface area (Å²) in [4.78, 5) is 12.2. The quantitative estimate of drug-likeness (QED) is 0.860. The molecule has 2 nitrogen and oxygen atoms in total. The molecule has 0 bridgehead atoms. The first-order valence-electron chi connectivity index (χ1n) is 5.71. The Kier molecular flexibility index (Phi) is 3.68. The molecule has 0 aliphatic rings. The maximum atomic E-state index is 12.2. The Morgan fingerprint density at radius 1 is 1.06 bits per heavy atom. The van der Waals surface area contributed by atoms with Gasteiger partial charge in [0.15, 0.2) is 0 Å². The molecule has 0 heterocycles. The number of hydrogen-bond acceptors (Lipinski definition) is 1. The van der Waals surface area contributed by atoms with E-state index < -0.39 is 0 Å². The molecule has 0 spiro atoms. The van der Waals surface area contributed by atoms with E-state index >= 15 is 0 Å². The number of hydrogen-bond donors (Lipinski definition) is 1. The van der Waals surface area contributed by atoms with Gasteiger partial charge in [0.05, 0.1) is 10.7 Å². The molecule has 0 saturated carbocycles. The molecule has 0 aliphatic heterocycles. The molecule has 1 N–H and O–H groups in total. The first kappa shape index (κ1) is 12.7. The summed E-state index contributed by atoms with van der Waals surface area (Å²) in [5, 5.41) is 3.36. The maximum Gasteiger partial charge on any atom is 0.255 e. The van der Waals surface area contributed by atoms with Gasteiger partial charge in [0, 0.05) is 5.56 Å². The van der Waals surface area contributed by atoms with E-state index in [4.69, 9.17) is 11.6 Å². The zero-order valence-electron chi connectivity index (χ0n) is 10.3. The number of aryl methyl sites for hydroxylation is 1. The Labute approximate surface area is 112 Å². The molecule has 2 rings (SSSR count). The molecule has 0 aromatic heterocycles. The van der Waals surface area contributed by atoms with Crippen LogP contribution in [0.15, 0.2) is 42.5 Å². The van der Waals surface area contributed by atoms with E-state index in [1.54, 1.807) is 12.1 Å². The molecule has 2 aromatic rings. The smallest absolute Gasteiger partial charge is 0.255 e. The molecule has 1 amide bonds. The average Bonchev–Trinajstić information content (AvgIpc) is 2.35. The third-order valence-electron chi connectivity index (χ3n) is 2.97. The van der Waals surface area contributed by atoms with Crippen LogP contribution in [-0.4, -0.2) is 5.91 Å². The van der Waals surface area contributed by atoms with Gasteiger partial charge in [-0.2, -0.15) is 0 Å². The van der Waals surface area contributed by atoms with E-state index in [1.807, 2.05) is 44.2 Å². The first-order chi connectivity index (χ1) is 8.59. The zero-order valence-corrected chi connectivity index (χ0v) is 11.1. The number of carbonyl (C=O) groups is 1. The second-order valence-electron chi connectivity index (χ2n) is 4.18. The van der Waals surface area contributed by atoms with Gasteiger partial charge < -0.3 is 5.32 Å². The van der Waals surface area contributed by atoms with Crippen LogP contribution in [0.3, 0.4) is 0 Å². The molecular weight excluding hydrogens is 246 g/mol. The normalized spacial score (nSPS) is 10.2. The Balaban J connectivity index is 2.28. The molecule has 2 aromatic carbocycles. The summed E-state index contributed by atoms with van der Waals surface area (Å²) in [6.07, 6.45) is 0. The lowest BCUT2D eigenvalue weighted by molar-refractivity contribution is 0.102. The van der Waals surface area contributed by atoms with Gasteiger partial charge in [-0.05, 0) is 43.2 Å². The Morgan fingerprint density at radius 3 is 2.50 bits per heavy atom. The van der Waals surface area contributed by atoms with Gasteiger partial charge in [0.1, 0.15) is 0 Å². The van der Waals surface area contributed by atoms with Crippen LogP contribution in [0.4, 0.5) is 5.69 Å². The maximum absolute atomic E-state index is 12.2. The number of rotatable bonds is 2. The topological polar surface area (TPSA) is 29.1 Å². The average molecular weight is 260 g/mol. The highest BCUT2D eigenvalue weighted by atomic mass is 35.5. The van der Waals surface area contributed by atoms with E-state index in [0.717, 1.165) is 11.1 Å². The van der Waals surface area contributed by atoms with Gasteiger partial charge in [0.2, 0.25) is 0 Å². The highest BCUT2D eigenvalue weighted by Gasteiger charge is 2.11. The Bertz CT molecular complexity index is 593. The number of para-hydroxylation sites is 1. The summed E-state index contributed by atoms with van der Waals surface area (Å²) >= 11 is 6.01. The fourth-order valence-electron chi connectivity index (χ4n) is 1.75. The van der Waals surface area contributed by atoms with E-state index in [2.05, 4.69) is 5.32 Å². The van der Waals surface area contributed by atoms with Crippen LogP contribution >= 0.6 is 11.6 Å². The minimum absolute atomic E-state index is 0.135. The van der Waals surface area contributed by atoms with Crippen molar-refractivity contribution in [1.29, 1.82) is 0 Å². The van der Waals surface area contributed by atoms with Crippen molar-refractivity contribution in [2.45, 2.75) is 13.8 Å². The lowest BCUT2D eigenvalue weighted by Gasteiger charge is -2.10. The van der Waals surface area contributed by atoms with Gasteiger partial charge in [-0.1, -0.05) is 35.9 Å². The van der Waals surface area contributed by atoms with Crippen LogP contribution in [0.25, 0.3) is 0 Å². The van der Waals surface area contributed by atoms with Crippen LogP contribution < -0.4 is 5.32 Å². The lowest BCUT2D eigenvalue weighted by atomic mass is 10.0. The van der Waals surface area contributed by atoms with Crippen molar-refractivity contribution in [2.75, 3.05) is 5.32 Å². The van der Waals surface area contributed by atoms with Gasteiger partial charge in [-0.3, -0.25) is 4.79 Å². The van der Waals surface area contributed by atoms with Gasteiger partial charge in [-0.15, -0.1) is 0 Å². The predicted octanol–water partition coefficient (Wildman–Crippen LogP) is 4.21. The number of amides is 1. The first-order valence-corrected chi connectivity index (χ1v) is 6.09. The predicted molar refractivity (Wildman–Crippen MR) is 75.3 cm³/mol. The number of nitrogens with one attached hydrogen (secondary N) is 1. The number of benzene rings is 2. The Hall–Kier alpha value is -1.80. The van der Waals surface area contributed by atoms with Crippen LogP contribution in [0.5, 0.6) is 0 Å². The van der Waals surface area contributed by atoms with Gasteiger partial charge in [-0.25, -0.2) is 0 Å². The highest BCUT2D eigenvalue weighted by Crippen LogP contribution is 2.22. The molecule has 0 saturated heterocycles. The standard InChI is InChI=1S/C15H14ClNO/c1-10-6-5-7-12(11(10)2)15(18)17-14-9-4-3-8-13(14)16/h3-9H,1-2H3,(H,17,18). The number of carbonyl (C=O) groups excluding carboxylic acids is 1. The van der Waals surface area contributed by atoms with Crippen molar-refractivity contribution < 1.29 is 4.79 Å². The molecule has 3 heteroatoms. The number of halogens is 1. The van der Waals surface area contributed by atoms with Crippen molar-refractivity contribution in [2.24, 2.45) is 0 Å². The second-order valence-corrected chi connectivity index (χ2v) is 4.59. The van der Waals surface area contributed by atoms with E-state index in [1.165, 1.54) is 0 Å². The van der Waals surface area contributed by atoms with Crippen molar-refractivity contribution in [3.8, 4) is 0 Å². The molecule has 0 atom stereocenters. The second kappa shape index (κ2) is 5.23. The summed E-state index contributed by atoms with van der Waals surface area (Å²) in [6, 6.07) is 12.9. The fourth-order valence-corrected chi connectivity index (χ4v) is 1.93. The van der Waals surface area contributed by atoms with Gasteiger partial charge in [0.25, 0.3) is 5.91 Å². The SMILES string of the molecule is Cc1cccc(C(=O)Nc2ccccc2Cl)c1C. The molecule has 0 fully saturated rings. The van der Waals surface area contributed by atoms with Crippen molar-refractivity contribution in [3.05, 3.63) is 64.2 Å². The van der Waals surface area contributed by atoms with Crippen LogP contribution in [-0.2, 0) is 0 Å². The van der Waals surface area contributed by atoms with Gasteiger partial charge >= 0.3 is 0 Å². The van der Waals surface area contributed by atoms with E-state index in [9.17, 15) is 4.79 Å². The molecule has 0 unspecified atom stereocenters. The molecule has 0 radical (unpaired) electrons. The van der Waals surface area contributed by atoms with Crippen LogP contribution in [0.2, 0.25) is 5.02 Å². The van der Waals surface area contributed by atoms with Crippen LogP contribution in [0, 0.1) is 13.8 Å². The van der Waals surface area contributed by atoms with Crippen LogP contribution in [0.1, 0.15) is 21.5 Å². The van der Waals surface area contributed by atoms with Crippen molar-refractivity contribution in [1.82, 2.24) is 0 Å². The number of anilines is 1. The summed E-state index contributed by atoms with van der Waals surface area (Å²) in [6.45, 7) is 3.93. The third kappa shape index (κ3) is 2.54. The fraction of sp³-hybridized carbons (Fsp3) is 0.133. The monoisotopic (exact) mass is 259 g/mol. The Morgan fingerprint density at radius 2 is 1.78 bits per heavy atom. The molecule has 0 aliphatic carbocycles. The third-order valence-corrected chi connectivity index (χ3v) is 3.30. The summed E-state index contributed by atoms with van der Waals surface area (Å²) in [5.74, 6) is -0.135. The highest BCUT2D eigenvalue weighted by molar-refractivity contribution is 6.33. The molecular formula is C15H14ClNO. The summed E-state index contributed by atoms with van der Waals surface area (Å²) in [5.41, 5.74) is 3.39. The van der Waals surface area contributed by atoms with Crippen molar-refractivity contribution in [3.63, 3.8) is 0 Å². The van der Waals surface area contributed by atoms with Crippen molar-refractivity contribution >= 4 is 23.2 Å².